The van der Waals surface area contributed by atoms with Crippen LogP contribution >= 0.6 is 11.6 Å². The summed E-state index contributed by atoms with van der Waals surface area (Å²) in [5.41, 5.74) is 2.54. The molecule has 210 valence electrons. The van der Waals surface area contributed by atoms with Crippen molar-refractivity contribution < 1.29 is 9.50 Å². The van der Waals surface area contributed by atoms with E-state index in [0.717, 1.165) is 56.1 Å². The molecule has 1 aromatic carbocycles. The Morgan fingerprint density at radius 1 is 1.15 bits per heavy atom. The first-order valence-electron chi connectivity index (χ1n) is 13.8. The number of allylic oxidation sites excluding steroid dienone is 2. The van der Waals surface area contributed by atoms with Crippen molar-refractivity contribution in [1.29, 1.82) is 0 Å². The first-order valence-corrected chi connectivity index (χ1v) is 14.2. The van der Waals surface area contributed by atoms with E-state index in [2.05, 4.69) is 39.1 Å². The number of aromatic nitrogens is 3. The number of likely N-dealkylation sites (N-methyl/N-ethyl adjacent to an activating group) is 1. The van der Waals surface area contributed by atoms with Crippen molar-refractivity contribution in [1.82, 2.24) is 25.2 Å². The molecule has 3 aromatic rings. The minimum absolute atomic E-state index is 0.0140. The zero-order valence-electron chi connectivity index (χ0n) is 23.3. The van der Waals surface area contributed by atoms with Crippen LogP contribution in [0, 0.1) is 12.7 Å². The predicted molar refractivity (Wildman–Crippen MR) is 160 cm³/mol. The Labute approximate surface area is 239 Å². The van der Waals surface area contributed by atoms with Gasteiger partial charge in [0, 0.05) is 67.1 Å². The van der Waals surface area contributed by atoms with Crippen molar-refractivity contribution in [3.05, 3.63) is 63.9 Å². The molecule has 0 amide bonds. The summed E-state index contributed by atoms with van der Waals surface area (Å²) in [6.45, 7) is 6.82. The normalized spacial score (nSPS) is 22.0. The first-order chi connectivity index (χ1) is 19.2. The van der Waals surface area contributed by atoms with Gasteiger partial charge in [-0.05, 0) is 76.2 Å². The number of anilines is 2. The van der Waals surface area contributed by atoms with Gasteiger partial charge in [-0.3, -0.25) is 4.98 Å². The van der Waals surface area contributed by atoms with E-state index in [9.17, 15) is 5.11 Å². The minimum Gasteiger partial charge on any atom is -0.508 e. The van der Waals surface area contributed by atoms with Gasteiger partial charge < -0.3 is 25.1 Å². The van der Waals surface area contributed by atoms with Gasteiger partial charge in [0.15, 0.2) is 5.82 Å². The Bertz CT molecular complexity index is 1510. The highest BCUT2D eigenvalue weighted by Gasteiger charge is 2.36. The molecular formula is C30H35ClFN7O. The van der Waals surface area contributed by atoms with E-state index in [1.54, 1.807) is 31.3 Å². The van der Waals surface area contributed by atoms with Gasteiger partial charge in [0.1, 0.15) is 17.1 Å². The maximum Gasteiger partial charge on any atom is 0.228 e. The molecule has 8 nitrogen and oxygen atoms in total. The second-order valence-electron chi connectivity index (χ2n) is 11.4. The van der Waals surface area contributed by atoms with E-state index in [4.69, 9.17) is 21.6 Å². The van der Waals surface area contributed by atoms with E-state index in [0.29, 0.717) is 35.0 Å². The Balaban J connectivity index is 1.43. The van der Waals surface area contributed by atoms with E-state index in [-0.39, 0.29) is 21.9 Å². The molecule has 6 rings (SSSR count). The molecule has 2 N–H and O–H groups in total. The Morgan fingerprint density at radius 3 is 2.55 bits per heavy atom. The molecule has 2 unspecified atom stereocenters. The molecule has 2 bridgehead atoms. The number of nitrogens with zero attached hydrogens (tertiary/aromatic N) is 6. The summed E-state index contributed by atoms with van der Waals surface area (Å²) in [6.07, 6.45) is 7.10. The third-order valence-corrected chi connectivity index (χ3v) is 8.65. The number of halogens is 2. The quantitative estimate of drug-likeness (QED) is 0.326. The number of pyridine rings is 1. The number of hydrogen-bond donors (Lipinski definition) is 2. The summed E-state index contributed by atoms with van der Waals surface area (Å²) in [6, 6.07) is 6.66. The molecule has 3 saturated heterocycles. The number of fused-ring (bicyclic) bond motifs is 3. The lowest BCUT2D eigenvalue weighted by Gasteiger charge is -2.43. The van der Waals surface area contributed by atoms with Crippen molar-refractivity contribution in [3.8, 4) is 0 Å². The van der Waals surface area contributed by atoms with Gasteiger partial charge in [-0.1, -0.05) is 17.7 Å². The number of aliphatic hydroxyl groups excluding tert-OH is 1. The number of benzene rings is 1. The maximum absolute atomic E-state index is 16.4. The largest absolute Gasteiger partial charge is 0.508 e. The van der Waals surface area contributed by atoms with Gasteiger partial charge in [0.25, 0.3) is 0 Å². The fraction of sp³-hybridized carbons (Fsp3) is 0.433. The molecule has 10 heteroatoms. The molecule has 0 radical (unpaired) electrons. The Morgan fingerprint density at radius 2 is 1.88 bits per heavy atom. The minimum atomic E-state index is -0.505. The van der Waals surface area contributed by atoms with Gasteiger partial charge in [0.2, 0.25) is 5.95 Å². The van der Waals surface area contributed by atoms with Crippen LogP contribution in [0.1, 0.15) is 36.6 Å². The number of nitrogens with one attached hydrogen (secondary N) is 1. The van der Waals surface area contributed by atoms with Crippen LogP contribution in [0.25, 0.3) is 22.6 Å². The van der Waals surface area contributed by atoms with Gasteiger partial charge in [-0.15, -0.1) is 0 Å². The molecule has 0 spiro atoms. The van der Waals surface area contributed by atoms with Crippen molar-refractivity contribution in [2.24, 2.45) is 0 Å². The second kappa shape index (κ2) is 10.6. The molecule has 3 fully saturated rings. The van der Waals surface area contributed by atoms with Crippen LogP contribution < -0.4 is 15.1 Å². The molecule has 0 saturated carbocycles. The lowest BCUT2D eigenvalue weighted by molar-refractivity contribution is 0.245. The van der Waals surface area contributed by atoms with Crippen LogP contribution in [0.4, 0.5) is 16.2 Å². The number of aliphatic hydroxyl groups is 1. The lowest BCUT2D eigenvalue weighted by atomic mass is 10.0. The predicted octanol–water partition coefficient (Wildman–Crippen LogP) is 4.82. The van der Waals surface area contributed by atoms with Crippen LogP contribution in [0.2, 0.25) is 5.02 Å². The zero-order valence-corrected chi connectivity index (χ0v) is 24.1. The third-order valence-electron chi connectivity index (χ3n) is 8.35. The molecule has 5 heterocycles. The van der Waals surface area contributed by atoms with Gasteiger partial charge in [0.05, 0.1) is 5.02 Å². The smallest absolute Gasteiger partial charge is 0.228 e. The summed E-state index contributed by atoms with van der Waals surface area (Å²) >= 11 is 6.75. The summed E-state index contributed by atoms with van der Waals surface area (Å²) < 4.78 is 16.4. The van der Waals surface area contributed by atoms with Crippen LogP contribution in [0.5, 0.6) is 0 Å². The monoisotopic (exact) mass is 563 g/mol. The van der Waals surface area contributed by atoms with Crippen molar-refractivity contribution in [2.45, 2.75) is 44.8 Å². The zero-order chi connectivity index (χ0) is 28.1. The van der Waals surface area contributed by atoms with E-state index >= 15 is 4.39 Å². The lowest BCUT2D eigenvalue weighted by Crippen LogP contribution is -2.58. The molecule has 0 aliphatic carbocycles. The van der Waals surface area contributed by atoms with E-state index in [1.165, 1.54) is 6.08 Å². The summed E-state index contributed by atoms with van der Waals surface area (Å²) in [5.74, 6) is 0.750. The fourth-order valence-electron chi connectivity index (χ4n) is 5.97. The standard InChI is InChI=1S/C30H35ClFN7O/c1-17(10-23(40)11-19-6-5-9-33-18(19)2)26-25(31)12-24-28(27(26)32)35-30(39-15-22(16-39)37(3)4)36-29(24)38-13-20-7-8-21(14-38)34-20/h5-6,9-12,20-22,34,40H,7-8,13-16H2,1-4H3/b17-10+,23-11+. The van der Waals surface area contributed by atoms with E-state index < -0.39 is 5.82 Å². The molecule has 2 aromatic heterocycles. The second-order valence-corrected chi connectivity index (χ2v) is 11.8. The number of hydrogen-bond acceptors (Lipinski definition) is 8. The third kappa shape index (κ3) is 5.02. The van der Waals surface area contributed by atoms with Crippen LogP contribution in [0.15, 0.2) is 36.2 Å². The fourth-order valence-corrected chi connectivity index (χ4v) is 6.31. The molecule has 3 aliphatic heterocycles. The van der Waals surface area contributed by atoms with Gasteiger partial charge in [-0.25, -0.2) is 9.37 Å². The van der Waals surface area contributed by atoms with E-state index in [1.807, 2.05) is 13.0 Å². The first kappa shape index (κ1) is 26.9. The molecule has 3 aliphatic rings. The molecule has 2 atom stereocenters. The number of rotatable bonds is 6. The summed E-state index contributed by atoms with van der Waals surface area (Å²) in [5, 5.41) is 15.2. The van der Waals surface area contributed by atoms with Gasteiger partial charge >= 0.3 is 0 Å². The van der Waals surface area contributed by atoms with Crippen molar-refractivity contribution in [2.75, 3.05) is 50.1 Å². The molecule has 40 heavy (non-hydrogen) atoms. The highest BCUT2D eigenvalue weighted by atomic mass is 35.5. The van der Waals surface area contributed by atoms with Crippen molar-refractivity contribution >= 4 is 45.9 Å². The highest BCUT2D eigenvalue weighted by Crippen LogP contribution is 2.38. The topological polar surface area (TPSA) is 80.7 Å². The highest BCUT2D eigenvalue weighted by molar-refractivity contribution is 6.33. The number of piperazine rings is 1. The van der Waals surface area contributed by atoms with Crippen molar-refractivity contribution in [3.63, 3.8) is 0 Å². The van der Waals surface area contributed by atoms with Crippen LogP contribution in [0.3, 0.4) is 0 Å². The summed E-state index contributed by atoms with van der Waals surface area (Å²) in [4.78, 5) is 20.6. The summed E-state index contributed by atoms with van der Waals surface area (Å²) in [7, 11) is 4.13. The van der Waals surface area contributed by atoms with Crippen LogP contribution in [-0.4, -0.2) is 83.4 Å². The Kier molecular flexibility index (Phi) is 7.14. The van der Waals surface area contributed by atoms with Gasteiger partial charge in [-0.2, -0.15) is 4.98 Å². The number of aryl methyl sites for hydroxylation is 1. The average Bonchev–Trinajstić information content (AvgIpc) is 3.21. The SMILES string of the molecule is C/C(=C\C(O)=C/c1cccnc1C)c1c(Cl)cc2c(N3CC4CCC(C3)N4)nc(N3CC(N(C)C)C3)nc2c1F. The molecular weight excluding hydrogens is 529 g/mol. The van der Waals surface area contributed by atoms with Crippen LogP contribution in [-0.2, 0) is 0 Å². The maximum atomic E-state index is 16.4. The Hall–Kier alpha value is -3.27. The average molecular weight is 564 g/mol.